The zero-order chi connectivity index (χ0) is 19.5. The first-order valence-electron chi connectivity index (χ1n) is 10.6. The van der Waals surface area contributed by atoms with E-state index in [0.717, 1.165) is 32.1 Å². The molecule has 0 aromatic rings. The SMILES string of the molecule is CCCCCC/C=C/CCCCCCC(=O)OCCOC(=O)C(C)CC. The highest BCUT2D eigenvalue weighted by Crippen LogP contribution is 2.08. The molecule has 0 saturated heterocycles. The first-order chi connectivity index (χ1) is 12.6. The van der Waals surface area contributed by atoms with Gasteiger partial charge in [-0.2, -0.15) is 0 Å². The second kappa shape index (κ2) is 18.5. The third-order valence-electron chi connectivity index (χ3n) is 4.50. The van der Waals surface area contributed by atoms with Crippen LogP contribution in [0.4, 0.5) is 0 Å². The van der Waals surface area contributed by atoms with Gasteiger partial charge in [-0.15, -0.1) is 0 Å². The fraction of sp³-hybridized carbons (Fsp3) is 0.818. The Morgan fingerprint density at radius 3 is 2.00 bits per heavy atom. The molecule has 0 heterocycles. The third kappa shape index (κ3) is 16.2. The molecule has 0 aromatic carbocycles. The van der Waals surface area contributed by atoms with Gasteiger partial charge >= 0.3 is 11.9 Å². The normalized spacial score (nSPS) is 12.3. The number of ether oxygens (including phenoxy) is 2. The minimum atomic E-state index is -0.224. The van der Waals surface area contributed by atoms with E-state index < -0.39 is 0 Å². The van der Waals surface area contributed by atoms with E-state index in [1.54, 1.807) is 0 Å². The van der Waals surface area contributed by atoms with Crippen molar-refractivity contribution in [2.24, 2.45) is 5.92 Å². The lowest BCUT2D eigenvalue weighted by Gasteiger charge is -2.09. The van der Waals surface area contributed by atoms with E-state index in [1.807, 2.05) is 13.8 Å². The van der Waals surface area contributed by atoms with Crippen molar-refractivity contribution in [3.05, 3.63) is 12.2 Å². The summed E-state index contributed by atoms with van der Waals surface area (Å²) in [5.74, 6) is -0.517. The topological polar surface area (TPSA) is 52.6 Å². The van der Waals surface area contributed by atoms with E-state index in [0.29, 0.717) is 6.42 Å². The monoisotopic (exact) mass is 368 g/mol. The van der Waals surface area contributed by atoms with Crippen molar-refractivity contribution >= 4 is 11.9 Å². The lowest BCUT2D eigenvalue weighted by atomic mass is 10.1. The molecule has 0 N–H and O–H groups in total. The van der Waals surface area contributed by atoms with Gasteiger partial charge in [-0.3, -0.25) is 9.59 Å². The summed E-state index contributed by atoms with van der Waals surface area (Å²) in [6, 6.07) is 0. The zero-order valence-corrected chi connectivity index (χ0v) is 17.3. The van der Waals surface area contributed by atoms with Gasteiger partial charge in [-0.25, -0.2) is 0 Å². The highest BCUT2D eigenvalue weighted by atomic mass is 16.6. The molecular weight excluding hydrogens is 328 g/mol. The quantitative estimate of drug-likeness (QED) is 0.180. The zero-order valence-electron chi connectivity index (χ0n) is 17.3. The van der Waals surface area contributed by atoms with Crippen LogP contribution in [0.3, 0.4) is 0 Å². The van der Waals surface area contributed by atoms with Crippen LogP contribution in [-0.2, 0) is 19.1 Å². The van der Waals surface area contributed by atoms with Crippen molar-refractivity contribution in [1.29, 1.82) is 0 Å². The summed E-state index contributed by atoms with van der Waals surface area (Å²) in [5, 5.41) is 0. The summed E-state index contributed by atoms with van der Waals surface area (Å²) >= 11 is 0. The highest BCUT2D eigenvalue weighted by Gasteiger charge is 2.11. The molecule has 0 spiro atoms. The summed E-state index contributed by atoms with van der Waals surface area (Å²) in [5.41, 5.74) is 0. The number of carbonyl (C=O) groups is 2. The molecule has 4 nitrogen and oxygen atoms in total. The van der Waals surface area contributed by atoms with Crippen LogP contribution in [0.5, 0.6) is 0 Å². The average molecular weight is 369 g/mol. The van der Waals surface area contributed by atoms with Crippen LogP contribution >= 0.6 is 0 Å². The second-order valence-corrected chi connectivity index (χ2v) is 6.97. The summed E-state index contributed by atoms with van der Waals surface area (Å²) in [4.78, 5) is 23.0. The van der Waals surface area contributed by atoms with Gasteiger partial charge in [0.1, 0.15) is 13.2 Å². The van der Waals surface area contributed by atoms with Gasteiger partial charge in [0.25, 0.3) is 0 Å². The Kier molecular flexibility index (Phi) is 17.5. The summed E-state index contributed by atoms with van der Waals surface area (Å²) in [7, 11) is 0. The van der Waals surface area contributed by atoms with Gasteiger partial charge in [-0.1, -0.05) is 65.0 Å². The molecule has 0 rings (SSSR count). The van der Waals surface area contributed by atoms with E-state index in [9.17, 15) is 9.59 Å². The lowest BCUT2D eigenvalue weighted by molar-refractivity contribution is -0.154. The predicted octanol–water partition coefficient (Wildman–Crippen LogP) is 5.99. The van der Waals surface area contributed by atoms with Crippen LogP contribution in [0.2, 0.25) is 0 Å². The van der Waals surface area contributed by atoms with E-state index in [1.165, 1.54) is 38.5 Å². The number of hydrogen-bond donors (Lipinski definition) is 0. The number of allylic oxidation sites excluding steroid dienone is 2. The molecule has 1 unspecified atom stereocenters. The van der Waals surface area contributed by atoms with E-state index in [-0.39, 0.29) is 31.1 Å². The summed E-state index contributed by atoms with van der Waals surface area (Å²) < 4.78 is 10.1. The molecule has 0 fully saturated rings. The number of rotatable bonds is 17. The molecule has 0 aliphatic rings. The Morgan fingerprint density at radius 2 is 1.38 bits per heavy atom. The number of esters is 2. The molecule has 0 aliphatic heterocycles. The Balaban J connectivity index is 3.36. The minimum Gasteiger partial charge on any atom is -0.462 e. The molecule has 0 amide bonds. The van der Waals surface area contributed by atoms with Crippen molar-refractivity contribution in [2.75, 3.05) is 13.2 Å². The standard InChI is InChI=1S/C22H40O4/c1-4-6-7-8-9-10-11-12-13-14-15-16-17-21(23)25-18-19-26-22(24)20(3)5-2/h10-11,20H,4-9,12-19H2,1-3H3/b11-10+. The Hall–Kier alpha value is -1.32. The van der Waals surface area contributed by atoms with Crippen molar-refractivity contribution in [2.45, 2.75) is 97.8 Å². The molecular formula is C22H40O4. The van der Waals surface area contributed by atoms with Gasteiger partial charge in [0.2, 0.25) is 0 Å². The predicted molar refractivity (Wildman–Crippen MR) is 107 cm³/mol. The van der Waals surface area contributed by atoms with Gasteiger partial charge in [0.05, 0.1) is 5.92 Å². The number of hydrogen-bond acceptors (Lipinski definition) is 4. The van der Waals surface area contributed by atoms with E-state index in [2.05, 4.69) is 19.1 Å². The van der Waals surface area contributed by atoms with Crippen LogP contribution < -0.4 is 0 Å². The number of unbranched alkanes of at least 4 members (excludes halogenated alkanes) is 8. The van der Waals surface area contributed by atoms with E-state index in [4.69, 9.17) is 9.47 Å². The van der Waals surface area contributed by atoms with Crippen molar-refractivity contribution in [3.8, 4) is 0 Å². The van der Waals surface area contributed by atoms with Crippen LogP contribution in [-0.4, -0.2) is 25.2 Å². The lowest BCUT2D eigenvalue weighted by Crippen LogP contribution is -2.18. The second-order valence-electron chi connectivity index (χ2n) is 6.97. The van der Waals surface area contributed by atoms with Crippen molar-refractivity contribution in [3.63, 3.8) is 0 Å². The van der Waals surface area contributed by atoms with Gasteiger partial charge in [-0.05, 0) is 38.5 Å². The van der Waals surface area contributed by atoms with Crippen LogP contribution in [0.15, 0.2) is 12.2 Å². The van der Waals surface area contributed by atoms with Gasteiger partial charge < -0.3 is 9.47 Å². The maximum absolute atomic E-state index is 11.6. The summed E-state index contributed by atoms with van der Waals surface area (Å²) in [6.07, 6.45) is 17.7. The Bertz CT molecular complexity index is 376. The average Bonchev–Trinajstić information content (AvgIpc) is 2.65. The summed E-state index contributed by atoms with van der Waals surface area (Å²) in [6.45, 7) is 6.32. The fourth-order valence-electron chi connectivity index (χ4n) is 2.49. The Labute approximate surface area is 160 Å². The molecule has 0 aliphatic carbocycles. The van der Waals surface area contributed by atoms with Crippen molar-refractivity contribution in [1.82, 2.24) is 0 Å². The first-order valence-corrected chi connectivity index (χ1v) is 10.6. The highest BCUT2D eigenvalue weighted by molar-refractivity contribution is 5.72. The van der Waals surface area contributed by atoms with Crippen LogP contribution in [0, 0.1) is 5.92 Å². The van der Waals surface area contributed by atoms with Gasteiger partial charge in [0, 0.05) is 6.42 Å². The molecule has 0 bridgehead atoms. The molecule has 0 saturated carbocycles. The van der Waals surface area contributed by atoms with Crippen LogP contribution in [0.25, 0.3) is 0 Å². The van der Waals surface area contributed by atoms with E-state index >= 15 is 0 Å². The number of carbonyl (C=O) groups excluding carboxylic acids is 2. The molecule has 4 heteroatoms. The smallest absolute Gasteiger partial charge is 0.308 e. The van der Waals surface area contributed by atoms with Gasteiger partial charge in [0.15, 0.2) is 0 Å². The molecule has 0 aromatic heterocycles. The first kappa shape index (κ1) is 24.7. The fourth-order valence-corrected chi connectivity index (χ4v) is 2.49. The van der Waals surface area contributed by atoms with Crippen molar-refractivity contribution < 1.29 is 19.1 Å². The molecule has 0 radical (unpaired) electrons. The third-order valence-corrected chi connectivity index (χ3v) is 4.50. The minimum absolute atomic E-state index is 0.0957. The van der Waals surface area contributed by atoms with Crippen LogP contribution in [0.1, 0.15) is 97.8 Å². The maximum atomic E-state index is 11.6. The maximum Gasteiger partial charge on any atom is 0.308 e. The molecule has 1 atom stereocenters. The molecule has 152 valence electrons. The Morgan fingerprint density at radius 1 is 0.808 bits per heavy atom. The molecule has 26 heavy (non-hydrogen) atoms. The largest absolute Gasteiger partial charge is 0.462 e.